The van der Waals surface area contributed by atoms with Gasteiger partial charge in [0.1, 0.15) is 5.75 Å². The van der Waals surface area contributed by atoms with Gasteiger partial charge >= 0.3 is 5.97 Å². The zero-order valence-electron chi connectivity index (χ0n) is 14.6. The third-order valence-electron chi connectivity index (χ3n) is 3.58. The van der Waals surface area contributed by atoms with E-state index in [0.717, 1.165) is 0 Å². The Morgan fingerprint density at radius 3 is 2.85 bits per heavy atom. The average molecular weight is 406 g/mol. The number of methoxy groups -OCH3 is 1. The van der Waals surface area contributed by atoms with Crippen molar-refractivity contribution in [2.24, 2.45) is 0 Å². The minimum atomic E-state index is -0.604. The van der Waals surface area contributed by atoms with Gasteiger partial charge in [0.2, 0.25) is 0 Å². The summed E-state index contributed by atoms with van der Waals surface area (Å²) in [5.74, 6) is 0.618. The van der Waals surface area contributed by atoms with Gasteiger partial charge < -0.3 is 14.5 Å². The lowest BCUT2D eigenvalue weighted by molar-refractivity contribution is 0.0602. The molecule has 0 atom stereocenters. The second kappa shape index (κ2) is 8.41. The number of nitrogens with zero attached hydrogens (tertiary/aromatic N) is 2. The lowest BCUT2D eigenvalue weighted by Gasteiger charge is -2.08. The van der Waals surface area contributed by atoms with Crippen LogP contribution in [0.3, 0.4) is 0 Å². The number of benzene rings is 1. The molecule has 0 amide bonds. The van der Waals surface area contributed by atoms with Crippen molar-refractivity contribution < 1.29 is 14.3 Å². The van der Waals surface area contributed by atoms with E-state index in [1.165, 1.54) is 24.9 Å². The van der Waals surface area contributed by atoms with Crippen LogP contribution in [0.15, 0.2) is 40.3 Å². The Bertz CT molecular complexity index is 1050. The quantitative estimate of drug-likeness (QED) is 0.291. The predicted molar refractivity (Wildman–Crippen MR) is 104 cm³/mol. The van der Waals surface area contributed by atoms with Gasteiger partial charge in [0.05, 0.1) is 24.7 Å². The predicted octanol–water partition coefficient (Wildman–Crippen LogP) is 3.24. The number of rotatable bonds is 6. The summed E-state index contributed by atoms with van der Waals surface area (Å²) in [5.41, 5.74) is 0.486. The molecule has 3 rings (SSSR count). The Morgan fingerprint density at radius 1 is 1.30 bits per heavy atom. The number of esters is 1. The van der Waals surface area contributed by atoms with Gasteiger partial charge in [-0.25, -0.2) is 14.8 Å². The molecule has 0 aliphatic carbocycles. The van der Waals surface area contributed by atoms with Crippen LogP contribution < -0.4 is 10.3 Å². The number of thioether (sulfide) groups is 1. The van der Waals surface area contributed by atoms with Crippen molar-refractivity contribution >= 4 is 40.4 Å². The van der Waals surface area contributed by atoms with E-state index >= 15 is 0 Å². The molecule has 0 aliphatic heterocycles. The van der Waals surface area contributed by atoms with Crippen LogP contribution in [0.5, 0.6) is 5.75 Å². The van der Waals surface area contributed by atoms with Gasteiger partial charge in [0.15, 0.2) is 10.8 Å². The van der Waals surface area contributed by atoms with Crippen molar-refractivity contribution in [1.29, 1.82) is 0 Å². The number of aryl methyl sites for hydroxylation is 1. The Hall–Kier alpha value is -2.58. The first-order chi connectivity index (χ1) is 13.0. The SMILES string of the molecule is COC(=O)c1cc(C)nc2nc(SCCOc3cccc(Cl)c3)[nH]c(=O)c12. The Balaban J connectivity index is 1.76. The normalized spacial score (nSPS) is 10.8. The molecule has 0 radical (unpaired) electrons. The molecule has 1 aromatic carbocycles. The minimum Gasteiger partial charge on any atom is -0.493 e. The van der Waals surface area contributed by atoms with Crippen molar-refractivity contribution in [2.45, 2.75) is 12.1 Å². The first-order valence-electron chi connectivity index (χ1n) is 7.99. The zero-order valence-corrected chi connectivity index (χ0v) is 16.2. The minimum absolute atomic E-state index is 0.118. The molecule has 0 fully saturated rings. The zero-order chi connectivity index (χ0) is 19.4. The number of aromatic nitrogens is 3. The molecule has 0 aliphatic rings. The van der Waals surface area contributed by atoms with Gasteiger partial charge in [-0.3, -0.25) is 4.79 Å². The number of pyridine rings is 1. The number of aromatic amines is 1. The third-order valence-corrected chi connectivity index (χ3v) is 4.65. The highest BCUT2D eigenvalue weighted by molar-refractivity contribution is 7.99. The molecule has 2 aromatic heterocycles. The molecule has 0 saturated heterocycles. The molecular formula is C18H16ClN3O4S. The third kappa shape index (κ3) is 4.58. The molecule has 1 N–H and O–H groups in total. The van der Waals surface area contributed by atoms with Crippen LogP contribution in [0.2, 0.25) is 5.02 Å². The van der Waals surface area contributed by atoms with Crippen molar-refractivity contribution in [3.8, 4) is 5.75 Å². The fourth-order valence-electron chi connectivity index (χ4n) is 2.44. The molecule has 9 heteroatoms. The number of ether oxygens (including phenoxy) is 2. The smallest absolute Gasteiger partial charge is 0.338 e. The second-order valence-electron chi connectivity index (χ2n) is 5.53. The van der Waals surface area contributed by atoms with Gasteiger partial charge in [-0.2, -0.15) is 0 Å². The largest absolute Gasteiger partial charge is 0.493 e. The van der Waals surface area contributed by atoms with E-state index in [1.807, 2.05) is 6.07 Å². The maximum Gasteiger partial charge on any atom is 0.338 e. The van der Waals surface area contributed by atoms with Gasteiger partial charge in [-0.1, -0.05) is 29.4 Å². The van der Waals surface area contributed by atoms with E-state index in [1.54, 1.807) is 25.1 Å². The van der Waals surface area contributed by atoms with Gasteiger partial charge in [0, 0.05) is 16.5 Å². The van der Waals surface area contributed by atoms with Crippen LogP contribution in [0, 0.1) is 6.92 Å². The van der Waals surface area contributed by atoms with Crippen molar-refractivity contribution in [3.05, 3.63) is 57.0 Å². The molecule has 0 spiro atoms. The summed E-state index contributed by atoms with van der Waals surface area (Å²) in [6.07, 6.45) is 0. The number of nitrogens with one attached hydrogen (secondary N) is 1. The highest BCUT2D eigenvalue weighted by Crippen LogP contribution is 2.20. The van der Waals surface area contributed by atoms with Crippen LogP contribution in [0.1, 0.15) is 16.1 Å². The second-order valence-corrected chi connectivity index (χ2v) is 7.05. The van der Waals surface area contributed by atoms with E-state index < -0.39 is 11.5 Å². The maximum atomic E-state index is 12.4. The van der Waals surface area contributed by atoms with E-state index in [4.69, 9.17) is 21.1 Å². The number of hydrogen-bond acceptors (Lipinski definition) is 7. The summed E-state index contributed by atoms with van der Waals surface area (Å²) in [7, 11) is 1.26. The monoisotopic (exact) mass is 405 g/mol. The Morgan fingerprint density at radius 2 is 2.11 bits per heavy atom. The fourth-order valence-corrected chi connectivity index (χ4v) is 3.30. The summed E-state index contributed by atoms with van der Waals surface area (Å²) in [5, 5.41) is 1.12. The standard InChI is InChI=1S/C18H16ClN3O4S/c1-10-8-13(17(24)25-2)14-15(20-10)21-18(22-16(14)23)27-7-6-26-12-5-3-4-11(19)9-12/h3-5,8-9H,6-7H2,1-2H3,(H,20,21,22,23). The maximum absolute atomic E-state index is 12.4. The van der Waals surface area contributed by atoms with E-state index in [9.17, 15) is 9.59 Å². The molecule has 0 saturated carbocycles. The molecule has 27 heavy (non-hydrogen) atoms. The molecule has 140 valence electrons. The van der Waals surface area contributed by atoms with Gasteiger partial charge in [0.25, 0.3) is 5.56 Å². The summed E-state index contributed by atoms with van der Waals surface area (Å²) in [4.78, 5) is 35.6. The summed E-state index contributed by atoms with van der Waals surface area (Å²) in [6.45, 7) is 2.13. The number of H-pyrrole nitrogens is 1. The van der Waals surface area contributed by atoms with E-state index in [-0.39, 0.29) is 16.6 Å². The molecule has 0 unspecified atom stereocenters. The summed E-state index contributed by atoms with van der Waals surface area (Å²) < 4.78 is 10.3. The molecular weight excluding hydrogens is 390 g/mol. The fraction of sp³-hybridized carbons (Fsp3) is 0.222. The first-order valence-corrected chi connectivity index (χ1v) is 9.35. The van der Waals surface area contributed by atoms with Crippen molar-refractivity contribution in [1.82, 2.24) is 15.0 Å². The highest BCUT2D eigenvalue weighted by atomic mass is 35.5. The van der Waals surface area contributed by atoms with Crippen LogP contribution in [-0.2, 0) is 4.74 Å². The first kappa shape index (κ1) is 19.2. The van der Waals surface area contributed by atoms with Crippen LogP contribution in [0.25, 0.3) is 11.0 Å². The Labute approximate surface area is 164 Å². The highest BCUT2D eigenvalue weighted by Gasteiger charge is 2.17. The van der Waals surface area contributed by atoms with Gasteiger partial charge in [-0.05, 0) is 31.2 Å². The van der Waals surface area contributed by atoms with E-state index in [0.29, 0.717) is 34.0 Å². The molecule has 0 bridgehead atoms. The average Bonchev–Trinajstić information content (AvgIpc) is 2.63. The number of carbonyl (C=O) groups excluding carboxylic acids is 1. The Kier molecular flexibility index (Phi) is 5.98. The van der Waals surface area contributed by atoms with Crippen molar-refractivity contribution in [2.75, 3.05) is 19.5 Å². The van der Waals surface area contributed by atoms with E-state index in [2.05, 4.69) is 15.0 Å². The summed E-state index contributed by atoms with van der Waals surface area (Å²) >= 11 is 7.23. The van der Waals surface area contributed by atoms with Crippen LogP contribution in [0.4, 0.5) is 0 Å². The van der Waals surface area contributed by atoms with Crippen molar-refractivity contribution in [3.63, 3.8) is 0 Å². The number of carbonyl (C=O) groups is 1. The number of halogens is 1. The topological polar surface area (TPSA) is 94.2 Å². The van der Waals surface area contributed by atoms with Gasteiger partial charge in [-0.15, -0.1) is 0 Å². The lowest BCUT2D eigenvalue weighted by atomic mass is 10.1. The summed E-state index contributed by atoms with van der Waals surface area (Å²) in [6, 6.07) is 8.62. The molecule has 2 heterocycles. The number of hydrogen-bond donors (Lipinski definition) is 1. The number of fused-ring (bicyclic) bond motifs is 1. The van der Waals surface area contributed by atoms with Crippen LogP contribution in [-0.4, -0.2) is 40.4 Å². The van der Waals surface area contributed by atoms with Crippen LogP contribution >= 0.6 is 23.4 Å². The lowest BCUT2D eigenvalue weighted by Crippen LogP contribution is -2.16. The molecule has 7 nitrogen and oxygen atoms in total. The molecule has 3 aromatic rings.